The van der Waals surface area contributed by atoms with Crippen LogP contribution in [0.15, 0.2) is 194 Å². The number of rotatable bonds is 37. The van der Waals surface area contributed by atoms with Crippen molar-refractivity contribution in [3.05, 3.63) is 194 Å². The summed E-state index contributed by atoms with van der Waals surface area (Å²) in [5.41, 5.74) is 0. The van der Waals surface area contributed by atoms with Crippen LogP contribution in [0, 0.1) is 0 Å². The lowest BCUT2D eigenvalue weighted by Gasteiger charge is -2.18. The first-order valence-corrected chi connectivity index (χ1v) is 23.1. The molecule has 1 atom stereocenters. The molecule has 0 saturated heterocycles. The molecule has 1 unspecified atom stereocenters. The van der Waals surface area contributed by atoms with Gasteiger partial charge < -0.3 is 14.2 Å². The molecule has 0 heterocycles. The lowest BCUT2D eigenvalue weighted by molar-refractivity contribution is -0.166. The van der Waals surface area contributed by atoms with E-state index in [0.29, 0.717) is 12.8 Å². The first-order valence-electron chi connectivity index (χ1n) is 23.1. The smallest absolute Gasteiger partial charge is 0.309 e. The minimum Gasteiger partial charge on any atom is -0.462 e. The van der Waals surface area contributed by atoms with E-state index in [2.05, 4.69) is 69.4 Å². The van der Waals surface area contributed by atoms with Gasteiger partial charge >= 0.3 is 17.9 Å². The Labute approximate surface area is 382 Å². The molecule has 0 aromatic rings. The Hall–Kier alpha value is -5.75. The Kier molecular flexibility index (Phi) is 44.4. The van der Waals surface area contributed by atoms with E-state index in [9.17, 15) is 14.4 Å². The third kappa shape index (κ3) is 47.2. The average molecular weight is 859 g/mol. The molecule has 6 nitrogen and oxygen atoms in total. The molecule has 0 aromatic carbocycles. The van der Waals surface area contributed by atoms with E-state index >= 15 is 0 Å². The summed E-state index contributed by atoms with van der Waals surface area (Å²) < 4.78 is 16.5. The first kappa shape index (κ1) is 57.2. The number of unbranched alkanes of at least 4 members (excludes halogenated alkanes) is 6. The van der Waals surface area contributed by atoms with Crippen molar-refractivity contribution in [2.75, 3.05) is 13.2 Å². The number of carbonyl (C=O) groups is 3. The molecule has 342 valence electrons. The van der Waals surface area contributed by atoms with Crippen molar-refractivity contribution in [1.29, 1.82) is 0 Å². The summed E-state index contributed by atoms with van der Waals surface area (Å²) in [6.45, 7) is 5.99. The van der Waals surface area contributed by atoms with E-state index < -0.39 is 18.0 Å². The highest BCUT2D eigenvalue weighted by molar-refractivity contribution is 5.72. The van der Waals surface area contributed by atoms with Gasteiger partial charge in [-0.15, -0.1) is 0 Å². The number of esters is 3. The van der Waals surface area contributed by atoms with Gasteiger partial charge in [-0.05, 0) is 70.6 Å². The zero-order valence-corrected chi connectivity index (χ0v) is 38.7. The van der Waals surface area contributed by atoms with Crippen LogP contribution in [0.25, 0.3) is 0 Å². The molecule has 0 bridgehead atoms. The normalized spacial score (nSPS) is 13.9. The largest absolute Gasteiger partial charge is 0.462 e. The van der Waals surface area contributed by atoms with Gasteiger partial charge in [0.05, 0.1) is 6.42 Å². The molecule has 0 radical (unpaired) electrons. The molecule has 0 spiro atoms. The van der Waals surface area contributed by atoms with Crippen LogP contribution >= 0.6 is 0 Å². The van der Waals surface area contributed by atoms with Crippen LogP contribution in [0.4, 0.5) is 0 Å². The third-order valence-electron chi connectivity index (χ3n) is 8.46. The zero-order valence-electron chi connectivity index (χ0n) is 38.7. The maximum atomic E-state index is 12.7. The van der Waals surface area contributed by atoms with E-state index in [4.69, 9.17) is 14.2 Å². The Balaban J connectivity index is 4.67. The molecule has 0 rings (SSSR count). The summed E-state index contributed by atoms with van der Waals surface area (Å²) in [4.78, 5) is 37.7. The number of hydrogen-bond donors (Lipinski definition) is 0. The van der Waals surface area contributed by atoms with E-state index in [-0.39, 0.29) is 38.4 Å². The monoisotopic (exact) mass is 859 g/mol. The van der Waals surface area contributed by atoms with E-state index in [1.165, 1.54) is 0 Å². The topological polar surface area (TPSA) is 78.9 Å². The average Bonchev–Trinajstić information content (AvgIpc) is 3.28. The van der Waals surface area contributed by atoms with Gasteiger partial charge in [-0.25, -0.2) is 0 Å². The van der Waals surface area contributed by atoms with Crippen LogP contribution in [-0.4, -0.2) is 37.2 Å². The summed E-state index contributed by atoms with van der Waals surface area (Å²) in [6, 6.07) is 0. The molecular formula is C57H78O6. The van der Waals surface area contributed by atoms with Gasteiger partial charge in [0.25, 0.3) is 0 Å². The summed E-state index contributed by atoms with van der Waals surface area (Å²) in [7, 11) is 0. The van der Waals surface area contributed by atoms with Crippen molar-refractivity contribution in [3.63, 3.8) is 0 Å². The predicted molar refractivity (Wildman–Crippen MR) is 269 cm³/mol. The highest BCUT2D eigenvalue weighted by atomic mass is 16.6. The van der Waals surface area contributed by atoms with Crippen LogP contribution in [0.2, 0.25) is 0 Å². The van der Waals surface area contributed by atoms with Crippen molar-refractivity contribution in [1.82, 2.24) is 0 Å². The Morgan fingerprint density at radius 3 is 1.13 bits per heavy atom. The summed E-state index contributed by atoms with van der Waals surface area (Å²) in [6.07, 6.45) is 75.8. The van der Waals surface area contributed by atoms with Crippen LogP contribution in [0.1, 0.15) is 124 Å². The van der Waals surface area contributed by atoms with Crippen LogP contribution < -0.4 is 0 Å². The molecule has 0 amide bonds. The van der Waals surface area contributed by atoms with E-state index in [1.807, 2.05) is 140 Å². The highest BCUT2D eigenvalue weighted by Crippen LogP contribution is 2.09. The summed E-state index contributed by atoms with van der Waals surface area (Å²) >= 11 is 0. The molecule has 0 N–H and O–H groups in total. The Bertz CT molecular complexity index is 1640. The Morgan fingerprint density at radius 2 is 0.698 bits per heavy atom. The molecule has 0 aromatic heterocycles. The second-order valence-corrected chi connectivity index (χ2v) is 14.2. The number of carbonyl (C=O) groups excluding carboxylic acids is 3. The zero-order chi connectivity index (χ0) is 45.8. The molecule has 0 aliphatic rings. The van der Waals surface area contributed by atoms with Crippen molar-refractivity contribution >= 4 is 17.9 Å². The van der Waals surface area contributed by atoms with Crippen LogP contribution in [0.3, 0.4) is 0 Å². The second kappa shape index (κ2) is 48.9. The fourth-order valence-corrected chi connectivity index (χ4v) is 5.10. The van der Waals surface area contributed by atoms with Gasteiger partial charge in [0.2, 0.25) is 0 Å². The standard InChI is InChI=1S/C57H78O6/c1-4-7-10-13-16-19-21-23-25-27-28-30-31-33-35-38-41-44-47-50-56(59)62-53-54(52-61-55(58)49-46-43-40-37-18-15-12-9-6-3)63-57(60)51-48-45-42-39-36-34-32-29-26-24-22-20-17-14-11-8-5-2/h7-14,16-37,43,46,54H,4-6,15,38-42,44-45,47-53H2,1-3H3/b10-7-,11-8-,12-9-,16-13-,17-14-,21-19-,22-20-,25-23-,26-24-,28-27+,31-30-,32-29+,35-33-,36-34-,37-18-,46-43-. The van der Waals surface area contributed by atoms with Crippen molar-refractivity contribution in [2.24, 2.45) is 0 Å². The minimum atomic E-state index is -0.867. The van der Waals surface area contributed by atoms with Crippen molar-refractivity contribution in [2.45, 2.75) is 130 Å². The number of hydrogen-bond acceptors (Lipinski definition) is 6. The highest BCUT2D eigenvalue weighted by Gasteiger charge is 2.19. The van der Waals surface area contributed by atoms with Gasteiger partial charge in [0.1, 0.15) is 13.2 Å². The summed E-state index contributed by atoms with van der Waals surface area (Å²) in [5.74, 6) is -1.20. The van der Waals surface area contributed by atoms with Gasteiger partial charge in [-0.2, -0.15) is 0 Å². The quantitative estimate of drug-likeness (QED) is 0.0204. The molecule has 0 aliphatic carbocycles. The third-order valence-corrected chi connectivity index (χ3v) is 8.46. The fraction of sp³-hybridized carbons (Fsp3) is 0.386. The van der Waals surface area contributed by atoms with E-state index in [1.54, 1.807) is 6.08 Å². The van der Waals surface area contributed by atoms with Crippen molar-refractivity contribution < 1.29 is 28.6 Å². The molecule has 63 heavy (non-hydrogen) atoms. The molecular weight excluding hydrogens is 781 g/mol. The van der Waals surface area contributed by atoms with E-state index in [0.717, 1.165) is 70.6 Å². The Morgan fingerprint density at radius 1 is 0.349 bits per heavy atom. The first-order chi connectivity index (χ1) is 31.0. The second-order valence-electron chi connectivity index (χ2n) is 14.2. The molecule has 6 heteroatoms. The van der Waals surface area contributed by atoms with Gasteiger partial charge in [-0.1, -0.05) is 228 Å². The lowest BCUT2D eigenvalue weighted by atomic mass is 10.1. The summed E-state index contributed by atoms with van der Waals surface area (Å²) in [5, 5.41) is 0. The predicted octanol–water partition coefficient (Wildman–Crippen LogP) is 15.2. The van der Waals surface area contributed by atoms with Gasteiger partial charge in [-0.3, -0.25) is 14.4 Å². The SMILES string of the molecule is CC\C=C/C=C\C=C/C=C\C=C\C=C/C=C\CCCCCC(=O)OCC(COC(=O)C/C=C\C/C=C\C/C=C\CC)OC(=O)CCCCC\C=C/C=C/C=C\C=C/C=C\C=C/CC. The minimum absolute atomic E-state index is 0.103. The lowest BCUT2D eigenvalue weighted by Crippen LogP contribution is -2.30. The number of allylic oxidation sites excluding steroid dienone is 31. The maximum absolute atomic E-state index is 12.7. The van der Waals surface area contributed by atoms with Crippen molar-refractivity contribution in [3.8, 4) is 0 Å². The molecule has 0 fully saturated rings. The van der Waals surface area contributed by atoms with Crippen LogP contribution in [-0.2, 0) is 28.6 Å². The fourth-order valence-electron chi connectivity index (χ4n) is 5.10. The molecule has 0 aliphatic heterocycles. The van der Waals surface area contributed by atoms with Gasteiger partial charge in [0, 0.05) is 12.8 Å². The number of ether oxygens (including phenoxy) is 3. The van der Waals surface area contributed by atoms with Crippen LogP contribution in [0.5, 0.6) is 0 Å². The maximum Gasteiger partial charge on any atom is 0.309 e. The molecule has 0 saturated carbocycles. The van der Waals surface area contributed by atoms with Gasteiger partial charge in [0.15, 0.2) is 6.10 Å².